The fourth-order valence-corrected chi connectivity index (χ4v) is 2.87. The molecule has 1 aliphatic carbocycles. The Morgan fingerprint density at radius 1 is 1.25 bits per heavy atom. The van der Waals surface area contributed by atoms with Crippen molar-refractivity contribution in [3.05, 3.63) is 35.9 Å². The molecule has 20 heavy (non-hydrogen) atoms. The van der Waals surface area contributed by atoms with Gasteiger partial charge in [0, 0.05) is 19.7 Å². The summed E-state index contributed by atoms with van der Waals surface area (Å²) in [6, 6.07) is 9.19. The van der Waals surface area contributed by atoms with Crippen LogP contribution in [0.15, 0.2) is 30.3 Å². The van der Waals surface area contributed by atoms with Crippen LogP contribution in [-0.4, -0.2) is 40.7 Å². The zero-order chi connectivity index (χ0) is 14.5. The third kappa shape index (κ3) is 3.38. The minimum Gasteiger partial charge on any atom is -0.396 e. The van der Waals surface area contributed by atoms with Gasteiger partial charge >= 0.3 is 0 Å². The molecule has 1 aromatic rings. The number of aliphatic hydroxyl groups is 2. The number of nitrogens with zero attached hydrogens (tertiary/aromatic N) is 1. The van der Waals surface area contributed by atoms with Gasteiger partial charge in [0.15, 0.2) is 6.10 Å². The van der Waals surface area contributed by atoms with Gasteiger partial charge in [0.05, 0.1) is 0 Å². The van der Waals surface area contributed by atoms with Gasteiger partial charge in [-0.2, -0.15) is 0 Å². The number of hydrogen-bond acceptors (Lipinski definition) is 3. The molecule has 1 atom stereocenters. The van der Waals surface area contributed by atoms with Gasteiger partial charge in [-0.25, -0.2) is 0 Å². The second kappa shape index (κ2) is 6.86. The molecule has 1 aromatic carbocycles. The van der Waals surface area contributed by atoms with E-state index in [1.165, 1.54) is 0 Å². The smallest absolute Gasteiger partial charge is 0.256 e. The highest BCUT2D eigenvalue weighted by Crippen LogP contribution is 2.28. The summed E-state index contributed by atoms with van der Waals surface area (Å²) in [5, 5.41) is 19.3. The second-order valence-electron chi connectivity index (χ2n) is 5.62. The number of carbonyl (C=O) groups excluding carboxylic acids is 1. The van der Waals surface area contributed by atoms with Crippen molar-refractivity contribution < 1.29 is 15.0 Å². The van der Waals surface area contributed by atoms with Gasteiger partial charge in [0.2, 0.25) is 0 Å². The monoisotopic (exact) mass is 277 g/mol. The van der Waals surface area contributed by atoms with Crippen molar-refractivity contribution in [3.8, 4) is 0 Å². The first-order valence-corrected chi connectivity index (χ1v) is 7.24. The van der Waals surface area contributed by atoms with E-state index in [1.54, 1.807) is 24.1 Å². The molecule has 0 unspecified atom stereocenters. The Balaban J connectivity index is 1.95. The summed E-state index contributed by atoms with van der Waals surface area (Å²) in [7, 11) is 1.76. The number of likely N-dealkylation sites (N-methyl/N-ethyl adjacent to an activating group) is 1. The maximum Gasteiger partial charge on any atom is 0.256 e. The standard InChI is InChI=1S/C16H23NO3/c1-17(14-9-7-12(11-18)8-10-14)16(20)15(19)13-5-3-2-4-6-13/h2-6,12,14-15,18-19H,7-11H2,1H3/t12?,14?,15-/m1/s1. The van der Waals surface area contributed by atoms with Crippen LogP contribution in [0.5, 0.6) is 0 Å². The van der Waals surface area contributed by atoms with Crippen molar-refractivity contribution in [2.75, 3.05) is 13.7 Å². The molecule has 1 fully saturated rings. The highest BCUT2D eigenvalue weighted by atomic mass is 16.3. The minimum atomic E-state index is -1.09. The van der Waals surface area contributed by atoms with Crippen LogP contribution in [0.3, 0.4) is 0 Å². The lowest BCUT2D eigenvalue weighted by molar-refractivity contribution is -0.142. The molecule has 0 aliphatic heterocycles. The lowest BCUT2D eigenvalue weighted by Crippen LogP contribution is -2.42. The van der Waals surface area contributed by atoms with E-state index >= 15 is 0 Å². The predicted molar refractivity (Wildman–Crippen MR) is 77.0 cm³/mol. The third-order valence-corrected chi connectivity index (χ3v) is 4.32. The molecule has 0 bridgehead atoms. The van der Waals surface area contributed by atoms with E-state index in [2.05, 4.69) is 0 Å². The van der Waals surface area contributed by atoms with E-state index in [0.29, 0.717) is 11.5 Å². The number of benzene rings is 1. The maximum absolute atomic E-state index is 12.3. The van der Waals surface area contributed by atoms with E-state index in [1.807, 2.05) is 18.2 Å². The summed E-state index contributed by atoms with van der Waals surface area (Å²) in [5.74, 6) is 0.123. The quantitative estimate of drug-likeness (QED) is 0.881. The molecular weight excluding hydrogens is 254 g/mol. The van der Waals surface area contributed by atoms with Crippen LogP contribution in [0, 0.1) is 5.92 Å². The lowest BCUT2D eigenvalue weighted by Gasteiger charge is -2.35. The summed E-state index contributed by atoms with van der Waals surface area (Å²) in [6.45, 7) is 0.233. The third-order valence-electron chi connectivity index (χ3n) is 4.32. The van der Waals surface area contributed by atoms with E-state index in [-0.39, 0.29) is 18.6 Å². The van der Waals surface area contributed by atoms with Crippen LogP contribution >= 0.6 is 0 Å². The largest absolute Gasteiger partial charge is 0.396 e. The number of carbonyl (C=O) groups is 1. The SMILES string of the molecule is CN(C(=O)[C@H](O)c1ccccc1)C1CCC(CO)CC1. The Labute approximate surface area is 120 Å². The first-order chi connectivity index (χ1) is 9.63. The number of aliphatic hydroxyl groups excluding tert-OH is 2. The highest BCUT2D eigenvalue weighted by Gasteiger charge is 2.29. The Morgan fingerprint density at radius 3 is 2.40 bits per heavy atom. The molecule has 0 saturated heterocycles. The molecule has 4 nitrogen and oxygen atoms in total. The van der Waals surface area contributed by atoms with E-state index in [0.717, 1.165) is 25.7 Å². The molecular formula is C16H23NO3. The topological polar surface area (TPSA) is 60.8 Å². The van der Waals surface area contributed by atoms with Crippen LogP contribution < -0.4 is 0 Å². The molecule has 1 aliphatic rings. The van der Waals surface area contributed by atoms with Gasteiger partial charge in [-0.05, 0) is 37.2 Å². The van der Waals surface area contributed by atoms with Crippen molar-refractivity contribution in [3.63, 3.8) is 0 Å². The summed E-state index contributed by atoms with van der Waals surface area (Å²) < 4.78 is 0. The molecule has 0 heterocycles. The minimum absolute atomic E-state index is 0.170. The van der Waals surface area contributed by atoms with Crippen LogP contribution in [0.25, 0.3) is 0 Å². The second-order valence-corrected chi connectivity index (χ2v) is 5.62. The van der Waals surface area contributed by atoms with Gasteiger partial charge in [-0.1, -0.05) is 30.3 Å². The predicted octanol–water partition coefficient (Wildman–Crippen LogP) is 1.73. The van der Waals surface area contributed by atoms with Gasteiger partial charge < -0.3 is 15.1 Å². The van der Waals surface area contributed by atoms with Gasteiger partial charge in [0.1, 0.15) is 0 Å². The van der Waals surface area contributed by atoms with Crippen LogP contribution in [0.2, 0.25) is 0 Å². The fourth-order valence-electron chi connectivity index (χ4n) is 2.87. The molecule has 2 N–H and O–H groups in total. The molecule has 0 aromatic heterocycles. The number of hydrogen-bond donors (Lipinski definition) is 2. The number of amides is 1. The zero-order valence-corrected chi connectivity index (χ0v) is 11.9. The summed E-state index contributed by atoms with van der Waals surface area (Å²) in [5.41, 5.74) is 0.633. The Morgan fingerprint density at radius 2 is 1.85 bits per heavy atom. The number of rotatable bonds is 4. The molecule has 0 radical (unpaired) electrons. The summed E-state index contributed by atoms with van der Waals surface area (Å²) in [4.78, 5) is 14.0. The average molecular weight is 277 g/mol. The van der Waals surface area contributed by atoms with Crippen LogP contribution in [0.4, 0.5) is 0 Å². The maximum atomic E-state index is 12.3. The molecule has 1 amide bonds. The fraction of sp³-hybridized carbons (Fsp3) is 0.562. The molecule has 0 spiro atoms. The molecule has 4 heteroatoms. The lowest BCUT2D eigenvalue weighted by atomic mass is 9.86. The van der Waals surface area contributed by atoms with Crippen LogP contribution in [0.1, 0.15) is 37.4 Å². The first kappa shape index (κ1) is 15.0. The van der Waals surface area contributed by atoms with Crippen molar-refractivity contribution in [1.29, 1.82) is 0 Å². The van der Waals surface area contributed by atoms with Crippen molar-refractivity contribution >= 4 is 5.91 Å². The van der Waals surface area contributed by atoms with Crippen LogP contribution in [-0.2, 0) is 4.79 Å². The Kier molecular flexibility index (Phi) is 5.15. The Hall–Kier alpha value is -1.39. The molecule has 1 saturated carbocycles. The summed E-state index contributed by atoms with van der Waals surface area (Å²) in [6.07, 6.45) is 2.60. The van der Waals surface area contributed by atoms with Crippen molar-refractivity contribution in [1.82, 2.24) is 4.90 Å². The zero-order valence-electron chi connectivity index (χ0n) is 11.9. The first-order valence-electron chi connectivity index (χ1n) is 7.24. The molecule has 110 valence electrons. The molecule has 2 rings (SSSR count). The van der Waals surface area contributed by atoms with E-state index in [9.17, 15) is 9.90 Å². The van der Waals surface area contributed by atoms with Gasteiger partial charge in [-0.3, -0.25) is 4.79 Å². The summed E-state index contributed by atoms with van der Waals surface area (Å²) >= 11 is 0. The van der Waals surface area contributed by atoms with Crippen molar-refractivity contribution in [2.24, 2.45) is 5.92 Å². The van der Waals surface area contributed by atoms with Crippen molar-refractivity contribution in [2.45, 2.75) is 37.8 Å². The van der Waals surface area contributed by atoms with Gasteiger partial charge in [0.25, 0.3) is 5.91 Å². The van der Waals surface area contributed by atoms with E-state index < -0.39 is 6.10 Å². The normalized spacial score (nSPS) is 24.1. The highest BCUT2D eigenvalue weighted by molar-refractivity contribution is 5.82. The van der Waals surface area contributed by atoms with Gasteiger partial charge in [-0.15, -0.1) is 0 Å². The average Bonchev–Trinajstić information content (AvgIpc) is 2.53. The van der Waals surface area contributed by atoms with E-state index in [4.69, 9.17) is 5.11 Å². The Bertz CT molecular complexity index is 427.